The van der Waals surface area contributed by atoms with Gasteiger partial charge in [-0.05, 0) is 67.9 Å². The van der Waals surface area contributed by atoms with Gasteiger partial charge in [0.25, 0.3) is 0 Å². The SMILES string of the molecule is COC(=O)C(=C1C=c2cc3c(cc2=N1)CCC3)N1CCCCC1. The van der Waals surface area contributed by atoms with Crippen LogP contribution in [0.1, 0.15) is 36.8 Å². The molecule has 4 rings (SSSR count). The second kappa shape index (κ2) is 5.84. The maximum Gasteiger partial charge on any atom is 0.356 e. The Hall–Kier alpha value is -2.10. The molecule has 0 N–H and O–H groups in total. The lowest BCUT2D eigenvalue weighted by Crippen LogP contribution is -2.34. The molecule has 0 spiro atoms. The lowest BCUT2D eigenvalue weighted by atomic mass is 10.1. The van der Waals surface area contributed by atoms with E-state index < -0.39 is 0 Å². The van der Waals surface area contributed by atoms with Crippen molar-refractivity contribution in [1.82, 2.24) is 4.90 Å². The van der Waals surface area contributed by atoms with Gasteiger partial charge in [-0.25, -0.2) is 9.79 Å². The Balaban J connectivity index is 1.81. The fourth-order valence-corrected chi connectivity index (χ4v) is 3.88. The van der Waals surface area contributed by atoms with E-state index in [4.69, 9.17) is 9.73 Å². The van der Waals surface area contributed by atoms with Gasteiger partial charge in [-0.3, -0.25) is 0 Å². The van der Waals surface area contributed by atoms with Crippen molar-refractivity contribution in [3.63, 3.8) is 0 Å². The highest BCUT2D eigenvalue weighted by molar-refractivity contribution is 5.90. The number of ether oxygens (including phenoxy) is 1. The molecule has 0 atom stereocenters. The van der Waals surface area contributed by atoms with Crippen LogP contribution in [0.25, 0.3) is 6.08 Å². The van der Waals surface area contributed by atoms with E-state index in [-0.39, 0.29) is 5.97 Å². The molecule has 2 aliphatic heterocycles. The largest absolute Gasteiger partial charge is 0.464 e. The Bertz CT molecular complexity index is 756. The Morgan fingerprint density at radius 2 is 1.83 bits per heavy atom. The number of piperidine rings is 1. The fraction of sp³-hybridized carbons (Fsp3) is 0.474. The summed E-state index contributed by atoms with van der Waals surface area (Å²) in [5.74, 6) is -0.276. The molecule has 23 heavy (non-hydrogen) atoms. The van der Waals surface area contributed by atoms with Gasteiger partial charge in [0.1, 0.15) is 5.70 Å². The average Bonchev–Trinajstić information content (AvgIpc) is 3.19. The zero-order valence-corrected chi connectivity index (χ0v) is 13.6. The van der Waals surface area contributed by atoms with Crippen LogP contribution in [-0.4, -0.2) is 31.1 Å². The van der Waals surface area contributed by atoms with Crippen molar-refractivity contribution in [2.24, 2.45) is 4.99 Å². The van der Waals surface area contributed by atoms with Crippen LogP contribution >= 0.6 is 0 Å². The summed E-state index contributed by atoms with van der Waals surface area (Å²) in [6, 6.07) is 4.45. The highest BCUT2D eigenvalue weighted by Gasteiger charge is 2.25. The van der Waals surface area contributed by atoms with Gasteiger partial charge in [-0.1, -0.05) is 0 Å². The number of hydrogen-bond donors (Lipinski definition) is 0. The van der Waals surface area contributed by atoms with Gasteiger partial charge in [0.15, 0.2) is 0 Å². The number of carbonyl (C=O) groups is 1. The van der Waals surface area contributed by atoms with E-state index >= 15 is 0 Å². The van der Waals surface area contributed by atoms with Crippen molar-refractivity contribution in [3.05, 3.63) is 45.2 Å². The van der Waals surface area contributed by atoms with Crippen LogP contribution in [0.5, 0.6) is 0 Å². The van der Waals surface area contributed by atoms with Crippen LogP contribution < -0.4 is 10.6 Å². The molecule has 1 aromatic carbocycles. The minimum absolute atomic E-state index is 0.276. The van der Waals surface area contributed by atoms with Crippen LogP contribution in [0.2, 0.25) is 0 Å². The van der Waals surface area contributed by atoms with E-state index in [9.17, 15) is 4.79 Å². The molecule has 2 heterocycles. The molecule has 0 aromatic heterocycles. The summed E-state index contributed by atoms with van der Waals surface area (Å²) >= 11 is 0. The van der Waals surface area contributed by atoms with Crippen LogP contribution in [0.4, 0.5) is 0 Å². The monoisotopic (exact) mass is 310 g/mol. The van der Waals surface area contributed by atoms with E-state index in [1.165, 1.54) is 31.1 Å². The number of allylic oxidation sites excluding steroid dienone is 1. The number of aryl methyl sites for hydroxylation is 2. The summed E-state index contributed by atoms with van der Waals surface area (Å²) in [5.41, 5.74) is 4.25. The fourth-order valence-electron chi connectivity index (χ4n) is 3.88. The van der Waals surface area contributed by atoms with Gasteiger partial charge in [0.05, 0.1) is 18.2 Å². The third kappa shape index (κ3) is 2.56. The second-order valence-corrected chi connectivity index (χ2v) is 6.56. The first-order valence-electron chi connectivity index (χ1n) is 8.56. The third-order valence-corrected chi connectivity index (χ3v) is 5.07. The van der Waals surface area contributed by atoms with E-state index in [0.717, 1.165) is 55.0 Å². The number of nitrogens with zero attached hydrogens (tertiary/aromatic N) is 2. The highest BCUT2D eigenvalue weighted by Crippen LogP contribution is 2.23. The Morgan fingerprint density at radius 3 is 2.57 bits per heavy atom. The first-order chi connectivity index (χ1) is 11.3. The number of benzene rings is 1. The van der Waals surface area contributed by atoms with E-state index in [1.54, 1.807) is 0 Å². The zero-order chi connectivity index (χ0) is 15.8. The lowest BCUT2D eigenvalue weighted by Gasteiger charge is -2.29. The molecule has 1 fully saturated rings. The van der Waals surface area contributed by atoms with Crippen molar-refractivity contribution in [2.75, 3.05) is 20.2 Å². The van der Waals surface area contributed by atoms with Crippen molar-refractivity contribution in [3.8, 4) is 0 Å². The number of fused-ring (bicyclic) bond motifs is 2. The first-order valence-corrected chi connectivity index (χ1v) is 8.56. The summed E-state index contributed by atoms with van der Waals surface area (Å²) in [6.45, 7) is 1.81. The van der Waals surface area contributed by atoms with Gasteiger partial charge < -0.3 is 9.64 Å². The molecule has 4 heteroatoms. The second-order valence-electron chi connectivity index (χ2n) is 6.56. The quantitative estimate of drug-likeness (QED) is 0.613. The molecule has 4 nitrogen and oxygen atoms in total. The molecule has 0 amide bonds. The van der Waals surface area contributed by atoms with Gasteiger partial charge in [0, 0.05) is 18.3 Å². The van der Waals surface area contributed by atoms with Gasteiger partial charge >= 0.3 is 5.97 Å². The predicted molar refractivity (Wildman–Crippen MR) is 88.2 cm³/mol. The smallest absolute Gasteiger partial charge is 0.356 e. The molecule has 1 aromatic rings. The van der Waals surface area contributed by atoms with E-state index in [0.29, 0.717) is 5.70 Å². The van der Waals surface area contributed by atoms with Crippen molar-refractivity contribution in [1.29, 1.82) is 0 Å². The van der Waals surface area contributed by atoms with Crippen LogP contribution in [0.3, 0.4) is 0 Å². The van der Waals surface area contributed by atoms with Crippen LogP contribution in [-0.2, 0) is 22.4 Å². The van der Waals surface area contributed by atoms with E-state index in [1.807, 2.05) is 0 Å². The topological polar surface area (TPSA) is 41.9 Å². The summed E-state index contributed by atoms with van der Waals surface area (Å²) < 4.78 is 5.04. The Morgan fingerprint density at radius 1 is 1.09 bits per heavy atom. The number of esters is 1. The van der Waals surface area contributed by atoms with E-state index in [2.05, 4.69) is 23.1 Å². The van der Waals surface area contributed by atoms with Gasteiger partial charge in [-0.15, -0.1) is 0 Å². The maximum absolute atomic E-state index is 12.3. The number of hydrogen-bond acceptors (Lipinski definition) is 4. The molecular formula is C19H22N2O2. The summed E-state index contributed by atoms with van der Waals surface area (Å²) in [4.78, 5) is 19.2. The minimum Gasteiger partial charge on any atom is -0.464 e. The summed E-state index contributed by atoms with van der Waals surface area (Å²) in [5, 5.41) is 2.14. The molecule has 1 aliphatic carbocycles. The number of carbonyl (C=O) groups excluding carboxylic acids is 1. The van der Waals surface area contributed by atoms with Crippen molar-refractivity contribution < 1.29 is 9.53 Å². The minimum atomic E-state index is -0.276. The molecule has 0 bridgehead atoms. The number of likely N-dealkylation sites (tertiary alicyclic amines) is 1. The molecule has 0 unspecified atom stereocenters. The number of methoxy groups -OCH3 is 1. The number of rotatable bonds is 2. The zero-order valence-electron chi connectivity index (χ0n) is 13.6. The Labute approximate surface area is 136 Å². The molecule has 3 aliphatic rings. The average molecular weight is 310 g/mol. The first kappa shape index (κ1) is 14.5. The summed E-state index contributed by atoms with van der Waals surface area (Å²) in [7, 11) is 1.45. The molecule has 120 valence electrons. The normalized spacial score (nSPS) is 21.2. The van der Waals surface area contributed by atoms with Gasteiger partial charge in [0.2, 0.25) is 0 Å². The van der Waals surface area contributed by atoms with Gasteiger partial charge in [-0.2, -0.15) is 0 Å². The molecule has 1 saturated heterocycles. The predicted octanol–water partition coefficient (Wildman–Crippen LogP) is 1.46. The molecule has 0 saturated carbocycles. The Kier molecular flexibility index (Phi) is 3.68. The summed E-state index contributed by atoms with van der Waals surface area (Å²) in [6.07, 6.45) is 9.06. The van der Waals surface area contributed by atoms with Crippen LogP contribution in [0.15, 0.2) is 28.5 Å². The molecular weight excluding hydrogens is 288 g/mol. The maximum atomic E-state index is 12.3. The van der Waals surface area contributed by atoms with Crippen LogP contribution in [0, 0.1) is 0 Å². The van der Waals surface area contributed by atoms with Crippen molar-refractivity contribution >= 4 is 12.0 Å². The third-order valence-electron chi connectivity index (χ3n) is 5.07. The molecule has 0 radical (unpaired) electrons. The standard InChI is InChI=1S/C19H22N2O2/c1-23-19(22)18(21-8-3-2-4-9-21)17-12-15-10-13-6-5-7-14(13)11-16(15)20-17/h10-12H,2-9H2,1H3. The van der Waals surface area contributed by atoms with Crippen molar-refractivity contribution in [2.45, 2.75) is 38.5 Å². The lowest BCUT2D eigenvalue weighted by molar-refractivity contribution is -0.138. The highest BCUT2D eigenvalue weighted by atomic mass is 16.5.